The van der Waals surface area contributed by atoms with Crippen LogP contribution in [0, 0.1) is 5.92 Å². The molecule has 1 aromatic carbocycles. The summed E-state index contributed by atoms with van der Waals surface area (Å²) in [6.07, 6.45) is 2.15. The highest BCUT2D eigenvalue weighted by molar-refractivity contribution is 7.89. The van der Waals surface area contributed by atoms with E-state index in [2.05, 4.69) is 23.9 Å². The Morgan fingerprint density at radius 3 is 2.76 bits per heavy atom. The lowest BCUT2D eigenvalue weighted by Crippen LogP contribution is -2.36. The molecule has 5 nitrogen and oxygen atoms in total. The van der Waals surface area contributed by atoms with Crippen LogP contribution in [0.15, 0.2) is 29.2 Å². The maximum atomic E-state index is 11.8. The van der Waals surface area contributed by atoms with Crippen LogP contribution in [-0.2, 0) is 14.8 Å². The lowest BCUT2D eigenvalue weighted by Gasteiger charge is -2.33. The number of hydrogen-bond donors (Lipinski definition) is 2. The van der Waals surface area contributed by atoms with Gasteiger partial charge in [0, 0.05) is 18.3 Å². The second-order valence-electron chi connectivity index (χ2n) is 5.75. The summed E-state index contributed by atoms with van der Waals surface area (Å²) in [5.74, 6) is 0.491. The van der Waals surface area contributed by atoms with Crippen molar-refractivity contribution < 1.29 is 13.2 Å². The van der Waals surface area contributed by atoms with Gasteiger partial charge in [-0.15, -0.1) is 0 Å². The average Bonchev–Trinajstić information content (AvgIpc) is 2.48. The molecule has 0 spiro atoms. The lowest BCUT2D eigenvalue weighted by molar-refractivity contribution is -0.0160. The Morgan fingerprint density at radius 1 is 1.33 bits per heavy atom. The zero-order valence-electron chi connectivity index (χ0n) is 12.8. The van der Waals surface area contributed by atoms with Gasteiger partial charge in [0.15, 0.2) is 0 Å². The molecule has 0 saturated carbocycles. The number of ether oxygens (including phenoxy) is 1. The van der Waals surface area contributed by atoms with Gasteiger partial charge in [-0.1, -0.05) is 19.9 Å². The van der Waals surface area contributed by atoms with Gasteiger partial charge in [0.2, 0.25) is 10.0 Å². The van der Waals surface area contributed by atoms with Crippen LogP contribution in [0.5, 0.6) is 0 Å². The third kappa shape index (κ3) is 4.18. The highest BCUT2D eigenvalue weighted by Gasteiger charge is 2.25. The Labute approximate surface area is 127 Å². The number of sulfonamides is 1. The summed E-state index contributed by atoms with van der Waals surface area (Å²) in [5, 5.41) is 3.43. The standard InChI is InChI=1S/C15H24N2O3S/c1-11(2)15-10-13(7-8-20-15)17-12-5-4-6-14(9-12)21(18,19)16-3/h4-6,9,11,13,15-17H,7-8,10H2,1-3H3. The van der Waals surface area contributed by atoms with Crippen molar-refractivity contribution in [2.24, 2.45) is 5.92 Å². The van der Waals surface area contributed by atoms with Gasteiger partial charge in [-0.05, 0) is 44.0 Å². The highest BCUT2D eigenvalue weighted by Crippen LogP contribution is 2.24. The zero-order valence-corrected chi connectivity index (χ0v) is 13.6. The van der Waals surface area contributed by atoms with Crippen molar-refractivity contribution in [3.8, 4) is 0 Å². The third-order valence-electron chi connectivity index (χ3n) is 3.84. The van der Waals surface area contributed by atoms with Crippen LogP contribution in [0.25, 0.3) is 0 Å². The van der Waals surface area contributed by atoms with Crippen LogP contribution < -0.4 is 10.0 Å². The topological polar surface area (TPSA) is 67.4 Å². The van der Waals surface area contributed by atoms with Crippen LogP contribution >= 0.6 is 0 Å². The molecule has 2 rings (SSSR count). The molecule has 1 aliphatic rings. The minimum absolute atomic E-state index is 0.264. The third-order valence-corrected chi connectivity index (χ3v) is 5.25. The summed E-state index contributed by atoms with van der Waals surface area (Å²) in [6, 6.07) is 7.24. The molecule has 1 aliphatic heterocycles. The molecule has 1 aromatic rings. The van der Waals surface area contributed by atoms with E-state index in [0.29, 0.717) is 12.0 Å². The molecule has 0 aromatic heterocycles. The van der Waals surface area contributed by atoms with Crippen molar-refractivity contribution in [3.63, 3.8) is 0 Å². The molecule has 1 fully saturated rings. The number of rotatable bonds is 5. The minimum Gasteiger partial charge on any atom is -0.382 e. The van der Waals surface area contributed by atoms with Crippen LogP contribution in [0.4, 0.5) is 5.69 Å². The summed E-state index contributed by atoms with van der Waals surface area (Å²) < 4.78 is 31.7. The Hall–Kier alpha value is -1.11. The van der Waals surface area contributed by atoms with E-state index in [0.717, 1.165) is 25.1 Å². The molecule has 6 heteroatoms. The van der Waals surface area contributed by atoms with E-state index in [-0.39, 0.29) is 11.0 Å². The van der Waals surface area contributed by atoms with Crippen molar-refractivity contribution in [2.75, 3.05) is 19.0 Å². The lowest BCUT2D eigenvalue weighted by atomic mass is 9.95. The minimum atomic E-state index is -3.40. The van der Waals surface area contributed by atoms with Gasteiger partial charge in [-0.25, -0.2) is 13.1 Å². The maximum absolute atomic E-state index is 11.8. The largest absolute Gasteiger partial charge is 0.382 e. The number of benzene rings is 1. The Morgan fingerprint density at radius 2 is 2.10 bits per heavy atom. The molecule has 2 N–H and O–H groups in total. The quantitative estimate of drug-likeness (QED) is 0.875. The summed E-state index contributed by atoms with van der Waals surface area (Å²) in [5.41, 5.74) is 0.834. The number of anilines is 1. The van der Waals surface area contributed by atoms with Gasteiger partial charge in [-0.3, -0.25) is 0 Å². The van der Waals surface area contributed by atoms with Crippen molar-refractivity contribution in [1.29, 1.82) is 0 Å². The normalized spacial score (nSPS) is 23.2. The molecule has 0 radical (unpaired) electrons. The highest BCUT2D eigenvalue weighted by atomic mass is 32.2. The number of hydrogen-bond acceptors (Lipinski definition) is 4. The number of nitrogens with one attached hydrogen (secondary N) is 2. The summed E-state index contributed by atoms with van der Waals surface area (Å²) in [6.45, 7) is 5.06. The smallest absolute Gasteiger partial charge is 0.240 e. The van der Waals surface area contributed by atoms with E-state index in [1.54, 1.807) is 18.2 Å². The van der Waals surface area contributed by atoms with Gasteiger partial charge in [0.05, 0.1) is 11.0 Å². The molecular formula is C15H24N2O3S. The Balaban J connectivity index is 2.08. The fraction of sp³-hybridized carbons (Fsp3) is 0.600. The van der Waals surface area contributed by atoms with Crippen LogP contribution in [0.1, 0.15) is 26.7 Å². The molecule has 0 amide bonds. The fourth-order valence-electron chi connectivity index (χ4n) is 2.53. The predicted octanol–water partition coefficient (Wildman–Crippen LogP) is 2.21. The second-order valence-corrected chi connectivity index (χ2v) is 7.64. The van der Waals surface area contributed by atoms with E-state index < -0.39 is 10.0 Å². The van der Waals surface area contributed by atoms with E-state index in [4.69, 9.17) is 4.74 Å². The molecule has 1 heterocycles. The zero-order chi connectivity index (χ0) is 15.5. The molecule has 21 heavy (non-hydrogen) atoms. The second kappa shape index (κ2) is 6.77. The van der Waals surface area contributed by atoms with Crippen LogP contribution in [0.3, 0.4) is 0 Å². The van der Waals surface area contributed by atoms with Crippen molar-refractivity contribution in [2.45, 2.75) is 43.7 Å². The van der Waals surface area contributed by atoms with E-state index in [9.17, 15) is 8.42 Å². The molecule has 0 aliphatic carbocycles. The SMILES string of the molecule is CNS(=O)(=O)c1cccc(NC2CCOC(C(C)C)C2)c1. The van der Waals surface area contributed by atoms with E-state index in [1.165, 1.54) is 7.05 Å². The Bertz CT molecular complexity index is 572. The van der Waals surface area contributed by atoms with Crippen molar-refractivity contribution in [1.82, 2.24) is 4.72 Å². The summed E-state index contributed by atoms with van der Waals surface area (Å²) >= 11 is 0. The van der Waals surface area contributed by atoms with Crippen molar-refractivity contribution >= 4 is 15.7 Å². The molecule has 1 saturated heterocycles. The molecule has 2 atom stereocenters. The first-order valence-electron chi connectivity index (χ1n) is 7.34. The van der Waals surface area contributed by atoms with Gasteiger partial charge in [0.1, 0.15) is 0 Å². The van der Waals surface area contributed by atoms with Gasteiger partial charge >= 0.3 is 0 Å². The van der Waals surface area contributed by atoms with E-state index in [1.807, 2.05) is 6.07 Å². The van der Waals surface area contributed by atoms with Crippen LogP contribution in [0.2, 0.25) is 0 Å². The summed E-state index contributed by atoms with van der Waals surface area (Å²) in [4.78, 5) is 0.280. The van der Waals surface area contributed by atoms with Gasteiger partial charge in [0.25, 0.3) is 0 Å². The molecular weight excluding hydrogens is 288 g/mol. The Kier molecular flexibility index (Phi) is 5.24. The monoisotopic (exact) mass is 312 g/mol. The predicted molar refractivity (Wildman–Crippen MR) is 83.9 cm³/mol. The fourth-order valence-corrected chi connectivity index (χ4v) is 3.31. The first-order chi connectivity index (χ1) is 9.92. The van der Waals surface area contributed by atoms with Crippen LogP contribution in [-0.4, -0.2) is 34.2 Å². The van der Waals surface area contributed by atoms with Gasteiger partial charge < -0.3 is 10.1 Å². The molecule has 2 unspecified atom stereocenters. The first kappa shape index (κ1) is 16.3. The molecule has 0 bridgehead atoms. The van der Waals surface area contributed by atoms with Gasteiger partial charge in [-0.2, -0.15) is 0 Å². The van der Waals surface area contributed by atoms with E-state index >= 15 is 0 Å². The average molecular weight is 312 g/mol. The summed E-state index contributed by atoms with van der Waals surface area (Å²) in [7, 11) is -1.98. The maximum Gasteiger partial charge on any atom is 0.240 e. The van der Waals surface area contributed by atoms with Crippen molar-refractivity contribution in [3.05, 3.63) is 24.3 Å². The first-order valence-corrected chi connectivity index (χ1v) is 8.82. The molecule has 118 valence electrons.